The van der Waals surface area contributed by atoms with Gasteiger partial charge in [-0.15, -0.1) is 0 Å². The Hall–Kier alpha value is -0.610. The number of amides is 1. The van der Waals surface area contributed by atoms with Gasteiger partial charge in [-0.3, -0.25) is 4.79 Å². The van der Waals surface area contributed by atoms with Crippen molar-refractivity contribution < 1.29 is 9.90 Å². The molecule has 0 radical (unpaired) electrons. The predicted molar refractivity (Wildman–Crippen MR) is 57.1 cm³/mol. The lowest BCUT2D eigenvalue weighted by molar-refractivity contribution is -0.137. The Labute approximate surface area is 90.4 Å². The zero-order chi connectivity index (χ0) is 10.8. The number of carbonyl (C=O) groups excluding carboxylic acids is 1. The zero-order valence-corrected chi connectivity index (χ0v) is 9.06. The van der Waals surface area contributed by atoms with Crippen LogP contribution in [0.5, 0.6) is 0 Å². The molecule has 0 spiro atoms. The Balaban J connectivity index is 2.00. The third-order valence-corrected chi connectivity index (χ3v) is 3.76. The van der Waals surface area contributed by atoms with E-state index in [9.17, 15) is 4.79 Å². The van der Waals surface area contributed by atoms with Gasteiger partial charge in [-0.2, -0.15) is 0 Å². The van der Waals surface area contributed by atoms with E-state index in [0.29, 0.717) is 0 Å². The number of nitrogens with zero attached hydrogens (tertiary/aromatic N) is 1. The predicted octanol–water partition coefficient (Wildman–Crippen LogP) is 0.0971. The molecule has 1 saturated carbocycles. The molecule has 4 heteroatoms. The van der Waals surface area contributed by atoms with Gasteiger partial charge in [0.05, 0.1) is 18.6 Å². The van der Waals surface area contributed by atoms with Crippen molar-refractivity contribution in [1.82, 2.24) is 4.90 Å². The molecule has 3 N–H and O–H groups in total. The number of likely N-dealkylation sites (tertiary alicyclic amines) is 1. The summed E-state index contributed by atoms with van der Waals surface area (Å²) in [5.74, 6) is 0.189. The van der Waals surface area contributed by atoms with Gasteiger partial charge in [0.15, 0.2) is 0 Å². The summed E-state index contributed by atoms with van der Waals surface area (Å²) in [4.78, 5) is 14.0. The first-order chi connectivity index (χ1) is 7.24. The molecule has 2 aliphatic rings. The fourth-order valence-electron chi connectivity index (χ4n) is 2.82. The van der Waals surface area contributed by atoms with Crippen molar-refractivity contribution in [2.75, 3.05) is 13.2 Å². The summed E-state index contributed by atoms with van der Waals surface area (Å²) in [6, 6.07) is 0.0859. The molecular formula is C11H20N2O2. The molecule has 2 fully saturated rings. The van der Waals surface area contributed by atoms with Crippen molar-refractivity contribution in [2.45, 2.75) is 44.2 Å². The van der Waals surface area contributed by atoms with E-state index in [1.54, 1.807) is 0 Å². The van der Waals surface area contributed by atoms with Crippen molar-refractivity contribution in [2.24, 2.45) is 11.7 Å². The van der Waals surface area contributed by atoms with Gasteiger partial charge in [0, 0.05) is 12.6 Å². The molecule has 1 amide bonds. The van der Waals surface area contributed by atoms with Crippen LogP contribution in [0.1, 0.15) is 32.1 Å². The number of aliphatic hydroxyl groups is 1. The maximum absolute atomic E-state index is 12.2. The third kappa shape index (κ3) is 2.01. The Morgan fingerprint density at radius 3 is 2.73 bits per heavy atom. The molecule has 1 saturated heterocycles. The molecule has 4 nitrogen and oxygen atoms in total. The van der Waals surface area contributed by atoms with E-state index in [4.69, 9.17) is 10.8 Å². The first-order valence-corrected chi connectivity index (χ1v) is 5.91. The summed E-state index contributed by atoms with van der Waals surface area (Å²) >= 11 is 0. The SMILES string of the molecule is NC1CCCC1C(=O)N1CCC[C@H]1CO. The number of carbonyl (C=O) groups is 1. The molecular weight excluding hydrogens is 192 g/mol. The van der Waals surface area contributed by atoms with E-state index in [0.717, 1.165) is 38.6 Å². The van der Waals surface area contributed by atoms with E-state index >= 15 is 0 Å². The summed E-state index contributed by atoms with van der Waals surface area (Å²) in [5, 5.41) is 9.17. The molecule has 0 aromatic heterocycles. The van der Waals surface area contributed by atoms with E-state index in [1.807, 2.05) is 4.90 Å². The number of aliphatic hydroxyl groups excluding tert-OH is 1. The highest BCUT2D eigenvalue weighted by Crippen LogP contribution is 2.28. The monoisotopic (exact) mass is 212 g/mol. The van der Waals surface area contributed by atoms with Gasteiger partial charge < -0.3 is 15.7 Å². The Kier molecular flexibility index (Phi) is 3.26. The van der Waals surface area contributed by atoms with Crippen LogP contribution in [-0.2, 0) is 4.79 Å². The second kappa shape index (κ2) is 4.49. The Bertz CT molecular complexity index is 245. The second-order valence-corrected chi connectivity index (χ2v) is 4.71. The summed E-state index contributed by atoms with van der Waals surface area (Å²) in [6.07, 6.45) is 4.90. The molecule has 3 atom stereocenters. The minimum Gasteiger partial charge on any atom is -0.394 e. The quantitative estimate of drug-likeness (QED) is 0.682. The molecule has 2 rings (SSSR count). The maximum Gasteiger partial charge on any atom is 0.227 e. The topological polar surface area (TPSA) is 66.6 Å². The molecule has 1 heterocycles. The molecule has 15 heavy (non-hydrogen) atoms. The van der Waals surface area contributed by atoms with Gasteiger partial charge in [-0.25, -0.2) is 0 Å². The van der Waals surface area contributed by atoms with Gasteiger partial charge >= 0.3 is 0 Å². The molecule has 2 unspecified atom stereocenters. The van der Waals surface area contributed by atoms with Crippen LogP contribution in [0.15, 0.2) is 0 Å². The van der Waals surface area contributed by atoms with Crippen LogP contribution in [0.3, 0.4) is 0 Å². The number of nitrogens with two attached hydrogens (primary N) is 1. The summed E-state index contributed by atoms with van der Waals surface area (Å²) < 4.78 is 0. The van der Waals surface area contributed by atoms with Crippen LogP contribution in [0.2, 0.25) is 0 Å². The van der Waals surface area contributed by atoms with E-state index < -0.39 is 0 Å². The van der Waals surface area contributed by atoms with E-state index in [-0.39, 0.29) is 30.5 Å². The van der Waals surface area contributed by atoms with Crippen LogP contribution in [0, 0.1) is 5.92 Å². The number of hydrogen-bond donors (Lipinski definition) is 2. The lowest BCUT2D eigenvalue weighted by Crippen LogP contribution is -2.45. The van der Waals surface area contributed by atoms with Crippen LogP contribution >= 0.6 is 0 Å². The van der Waals surface area contributed by atoms with E-state index in [2.05, 4.69) is 0 Å². The van der Waals surface area contributed by atoms with Gasteiger partial charge in [-0.1, -0.05) is 6.42 Å². The lowest BCUT2D eigenvalue weighted by Gasteiger charge is -2.27. The van der Waals surface area contributed by atoms with Crippen LogP contribution in [0.4, 0.5) is 0 Å². The highest BCUT2D eigenvalue weighted by Gasteiger charge is 2.37. The van der Waals surface area contributed by atoms with Gasteiger partial charge in [0.1, 0.15) is 0 Å². The zero-order valence-electron chi connectivity index (χ0n) is 9.06. The molecule has 1 aliphatic carbocycles. The molecule has 1 aliphatic heterocycles. The first kappa shape index (κ1) is 10.9. The minimum atomic E-state index is 0.0112. The molecule has 0 bridgehead atoms. The van der Waals surface area contributed by atoms with Crippen LogP contribution < -0.4 is 5.73 Å². The minimum absolute atomic E-state index is 0.0112. The van der Waals surface area contributed by atoms with E-state index in [1.165, 1.54) is 0 Å². The second-order valence-electron chi connectivity index (χ2n) is 4.71. The molecule has 0 aromatic rings. The normalized spacial score (nSPS) is 36.1. The van der Waals surface area contributed by atoms with Crippen LogP contribution in [0.25, 0.3) is 0 Å². The average Bonchev–Trinajstić information content (AvgIpc) is 2.84. The number of hydrogen-bond acceptors (Lipinski definition) is 3. The largest absolute Gasteiger partial charge is 0.394 e. The van der Waals surface area contributed by atoms with Crippen molar-refractivity contribution in [1.29, 1.82) is 0 Å². The van der Waals surface area contributed by atoms with Gasteiger partial charge in [0.25, 0.3) is 0 Å². The number of rotatable bonds is 2. The Morgan fingerprint density at radius 2 is 2.13 bits per heavy atom. The molecule has 86 valence electrons. The Morgan fingerprint density at radius 1 is 1.33 bits per heavy atom. The highest BCUT2D eigenvalue weighted by atomic mass is 16.3. The maximum atomic E-state index is 12.2. The van der Waals surface area contributed by atoms with Gasteiger partial charge in [0.2, 0.25) is 5.91 Å². The fraction of sp³-hybridized carbons (Fsp3) is 0.909. The van der Waals surface area contributed by atoms with Gasteiger partial charge in [-0.05, 0) is 25.7 Å². The third-order valence-electron chi connectivity index (χ3n) is 3.76. The van der Waals surface area contributed by atoms with Crippen LogP contribution in [-0.4, -0.2) is 41.1 Å². The van der Waals surface area contributed by atoms with Crippen molar-refractivity contribution in [3.63, 3.8) is 0 Å². The molecule has 0 aromatic carbocycles. The summed E-state index contributed by atoms with van der Waals surface area (Å²) in [7, 11) is 0. The lowest BCUT2D eigenvalue weighted by atomic mass is 10.0. The first-order valence-electron chi connectivity index (χ1n) is 5.91. The average molecular weight is 212 g/mol. The smallest absolute Gasteiger partial charge is 0.227 e. The summed E-state index contributed by atoms with van der Waals surface area (Å²) in [5.41, 5.74) is 5.92. The standard InChI is InChI=1S/C11H20N2O2/c12-10-5-1-4-9(10)11(15)13-6-2-3-8(13)7-14/h8-10,14H,1-7,12H2/t8-,9?,10?/m0/s1. The fourth-order valence-corrected chi connectivity index (χ4v) is 2.82. The van der Waals surface area contributed by atoms with Crippen molar-refractivity contribution in [3.8, 4) is 0 Å². The summed E-state index contributed by atoms with van der Waals surface area (Å²) in [6.45, 7) is 0.890. The van der Waals surface area contributed by atoms with Crippen molar-refractivity contribution in [3.05, 3.63) is 0 Å². The van der Waals surface area contributed by atoms with Crippen molar-refractivity contribution >= 4 is 5.91 Å². The highest BCUT2D eigenvalue weighted by molar-refractivity contribution is 5.80.